The molecule has 0 rings (SSSR count). The third-order valence-corrected chi connectivity index (χ3v) is 2.10. The van der Waals surface area contributed by atoms with Crippen LogP contribution in [0.2, 0.25) is 0 Å². The van der Waals surface area contributed by atoms with Crippen molar-refractivity contribution < 1.29 is 9.53 Å². The maximum Gasteiger partial charge on any atom is 0.155 e. The predicted octanol–water partition coefficient (Wildman–Crippen LogP) is 3.98. The lowest BCUT2D eigenvalue weighted by atomic mass is 10.2. The molecule has 0 bridgehead atoms. The summed E-state index contributed by atoms with van der Waals surface area (Å²) in [5.41, 5.74) is 0. The Balaban J connectivity index is 0. The summed E-state index contributed by atoms with van der Waals surface area (Å²) in [5, 5.41) is 0. The topological polar surface area (TPSA) is 26.3 Å². The fraction of sp³-hybridized carbons (Fsp3) is 0.923. The van der Waals surface area contributed by atoms with E-state index in [0.29, 0.717) is 0 Å². The van der Waals surface area contributed by atoms with E-state index < -0.39 is 0 Å². The van der Waals surface area contributed by atoms with Gasteiger partial charge in [0.2, 0.25) is 0 Å². The van der Waals surface area contributed by atoms with Gasteiger partial charge in [-0.1, -0.05) is 46.5 Å². The summed E-state index contributed by atoms with van der Waals surface area (Å²) in [6.45, 7) is 10.2. The van der Waals surface area contributed by atoms with E-state index in [1.54, 1.807) is 0 Å². The standard InChI is InChI=1S/C7H14O2.C6H14/c1-4-7(3)9-5-6(2)8;1-3-5-6-4-2/h7H,4-5H2,1-3H3;3-6H2,1-2H3. The number of ether oxygens (including phenoxy) is 1. The van der Waals surface area contributed by atoms with Gasteiger partial charge < -0.3 is 4.74 Å². The van der Waals surface area contributed by atoms with E-state index in [2.05, 4.69) is 13.8 Å². The van der Waals surface area contributed by atoms with Crippen molar-refractivity contribution in [2.45, 2.75) is 72.8 Å². The summed E-state index contributed by atoms with van der Waals surface area (Å²) in [7, 11) is 0. The van der Waals surface area contributed by atoms with Gasteiger partial charge in [-0.3, -0.25) is 4.79 Å². The van der Waals surface area contributed by atoms with Crippen molar-refractivity contribution in [1.82, 2.24) is 0 Å². The van der Waals surface area contributed by atoms with E-state index in [0.717, 1.165) is 6.42 Å². The number of carbonyl (C=O) groups is 1. The third kappa shape index (κ3) is 19.9. The normalized spacial score (nSPS) is 11.5. The Kier molecular flexibility index (Phi) is 15.5. The van der Waals surface area contributed by atoms with Crippen LogP contribution in [0.15, 0.2) is 0 Å². The van der Waals surface area contributed by atoms with E-state index in [9.17, 15) is 4.79 Å². The molecule has 2 nitrogen and oxygen atoms in total. The second kappa shape index (κ2) is 13.6. The van der Waals surface area contributed by atoms with Gasteiger partial charge in [0.25, 0.3) is 0 Å². The summed E-state index contributed by atoms with van der Waals surface area (Å²) < 4.78 is 5.10. The van der Waals surface area contributed by atoms with Gasteiger partial charge in [-0.2, -0.15) is 0 Å². The largest absolute Gasteiger partial charge is 0.371 e. The van der Waals surface area contributed by atoms with Crippen LogP contribution in [0.1, 0.15) is 66.7 Å². The Morgan fingerprint density at radius 3 is 1.87 bits per heavy atom. The molecule has 0 saturated heterocycles. The lowest BCUT2D eigenvalue weighted by molar-refractivity contribution is -0.123. The molecule has 0 aliphatic heterocycles. The average Bonchev–Trinajstić information content (AvgIpc) is 2.23. The van der Waals surface area contributed by atoms with Crippen molar-refractivity contribution in [3.05, 3.63) is 0 Å². The molecule has 0 N–H and O–H groups in total. The molecule has 15 heavy (non-hydrogen) atoms. The van der Waals surface area contributed by atoms with Crippen LogP contribution in [0, 0.1) is 0 Å². The fourth-order valence-electron chi connectivity index (χ4n) is 0.877. The van der Waals surface area contributed by atoms with Crippen molar-refractivity contribution in [2.75, 3.05) is 6.61 Å². The summed E-state index contributed by atoms with van der Waals surface area (Å²) in [4.78, 5) is 10.3. The van der Waals surface area contributed by atoms with Crippen LogP contribution in [-0.4, -0.2) is 18.5 Å². The number of unbranched alkanes of at least 4 members (excludes halogenated alkanes) is 3. The first-order chi connectivity index (χ1) is 7.08. The van der Waals surface area contributed by atoms with Gasteiger partial charge in [-0.05, 0) is 20.3 Å². The Morgan fingerprint density at radius 1 is 1.13 bits per heavy atom. The monoisotopic (exact) mass is 216 g/mol. The zero-order valence-corrected chi connectivity index (χ0v) is 11.1. The molecule has 1 unspecified atom stereocenters. The van der Waals surface area contributed by atoms with Gasteiger partial charge in [0.05, 0.1) is 6.10 Å². The molecular formula is C13H28O2. The van der Waals surface area contributed by atoms with Crippen LogP contribution in [0.25, 0.3) is 0 Å². The molecule has 0 heterocycles. The molecule has 0 fully saturated rings. The highest BCUT2D eigenvalue weighted by atomic mass is 16.5. The summed E-state index contributed by atoms with van der Waals surface area (Å²) in [6.07, 6.45) is 6.72. The van der Waals surface area contributed by atoms with Gasteiger partial charge in [0.1, 0.15) is 6.61 Å². The Morgan fingerprint density at radius 2 is 1.60 bits per heavy atom. The van der Waals surface area contributed by atoms with E-state index in [-0.39, 0.29) is 18.5 Å². The van der Waals surface area contributed by atoms with Crippen LogP contribution in [0.3, 0.4) is 0 Å². The molecule has 1 atom stereocenters. The first kappa shape index (κ1) is 17.0. The minimum Gasteiger partial charge on any atom is -0.371 e. The van der Waals surface area contributed by atoms with Crippen molar-refractivity contribution in [3.63, 3.8) is 0 Å². The highest BCUT2D eigenvalue weighted by molar-refractivity contribution is 5.76. The number of hydrogen-bond donors (Lipinski definition) is 0. The number of rotatable bonds is 7. The molecule has 0 saturated carbocycles. The van der Waals surface area contributed by atoms with E-state index in [4.69, 9.17) is 4.74 Å². The lowest BCUT2D eigenvalue weighted by Gasteiger charge is -2.07. The number of hydrogen-bond acceptors (Lipinski definition) is 2. The SMILES string of the molecule is CCC(C)OCC(C)=O.CCCCCC. The van der Waals surface area contributed by atoms with Crippen molar-refractivity contribution in [3.8, 4) is 0 Å². The van der Waals surface area contributed by atoms with Crippen LogP contribution in [0.4, 0.5) is 0 Å². The molecule has 0 aromatic carbocycles. The number of ketones is 1. The maximum absolute atomic E-state index is 10.3. The Hall–Kier alpha value is -0.370. The Bertz CT molecular complexity index is 128. The van der Waals surface area contributed by atoms with Gasteiger partial charge in [-0.15, -0.1) is 0 Å². The molecule has 0 aliphatic carbocycles. The first-order valence-corrected chi connectivity index (χ1v) is 6.19. The van der Waals surface area contributed by atoms with Crippen molar-refractivity contribution in [2.24, 2.45) is 0 Å². The van der Waals surface area contributed by atoms with Gasteiger partial charge >= 0.3 is 0 Å². The van der Waals surface area contributed by atoms with E-state index >= 15 is 0 Å². The van der Waals surface area contributed by atoms with Crippen molar-refractivity contribution in [1.29, 1.82) is 0 Å². The highest BCUT2D eigenvalue weighted by Crippen LogP contribution is 1.95. The summed E-state index contributed by atoms with van der Waals surface area (Å²) in [6, 6.07) is 0. The van der Waals surface area contributed by atoms with Gasteiger partial charge in [-0.25, -0.2) is 0 Å². The smallest absolute Gasteiger partial charge is 0.155 e. The first-order valence-electron chi connectivity index (χ1n) is 6.19. The zero-order valence-electron chi connectivity index (χ0n) is 11.1. The quantitative estimate of drug-likeness (QED) is 0.602. The second-order valence-electron chi connectivity index (χ2n) is 3.94. The minimum atomic E-state index is 0.0929. The minimum absolute atomic E-state index is 0.0929. The molecule has 0 aromatic rings. The van der Waals surface area contributed by atoms with E-state index in [1.807, 2.05) is 13.8 Å². The average molecular weight is 216 g/mol. The third-order valence-electron chi connectivity index (χ3n) is 2.10. The predicted molar refractivity (Wildman–Crippen MR) is 66.2 cm³/mol. The highest BCUT2D eigenvalue weighted by Gasteiger charge is 1.98. The summed E-state index contributed by atoms with van der Waals surface area (Å²) in [5.74, 6) is 0.0929. The molecule has 0 spiro atoms. The molecule has 0 aliphatic rings. The molecule has 0 radical (unpaired) electrons. The summed E-state index contributed by atoms with van der Waals surface area (Å²) >= 11 is 0. The van der Waals surface area contributed by atoms with Crippen LogP contribution >= 0.6 is 0 Å². The van der Waals surface area contributed by atoms with Gasteiger partial charge in [0, 0.05) is 0 Å². The second-order valence-corrected chi connectivity index (χ2v) is 3.94. The fourth-order valence-corrected chi connectivity index (χ4v) is 0.877. The lowest BCUT2D eigenvalue weighted by Crippen LogP contribution is -2.12. The number of Topliss-reactive ketones (excluding diaryl/α,β-unsaturated/α-hetero) is 1. The molecule has 92 valence electrons. The Labute approximate surface area is 95.4 Å². The van der Waals surface area contributed by atoms with Crippen LogP contribution in [0.5, 0.6) is 0 Å². The zero-order chi connectivity index (χ0) is 12.1. The van der Waals surface area contributed by atoms with E-state index in [1.165, 1.54) is 32.6 Å². The van der Waals surface area contributed by atoms with Crippen molar-refractivity contribution >= 4 is 5.78 Å². The molecule has 2 heteroatoms. The molecule has 0 aromatic heterocycles. The molecule has 0 amide bonds. The molecular weight excluding hydrogens is 188 g/mol. The maximum atomic E-state index is 10.3. The number of carbonyl (C=O) groups excluding carboxylic acids is 1. The van der Waals surface area contributed by atoms with Crippen LogP contribution in [-0.2, 0) is 9.53 Å². The van der Waals surface area contributed by atoms with Crippen LogP contribution < -0.4 is 0 Å². The van der Waals surface area contributed by atoms with Gasteiger partial charge in [0.15, 0.2) is 5.78 Å².